The molecule has 11 heavy (non-hydrogen) atoms. The fourth-order valence-electron chi connectivity index (χ4n) is 0.568. The number of halogens is 1. The average Bonchev–Trinajstić information content (AvgIpc) is 1.86. The van der Waals surface area contributed by atoms with Crippen LogP contribution in [0, 0.1) is 0 Å². The lowest BCUT2D eigenvalue weighted by Crippen LogP contribution is -2.35. The molecule has 4 nitrogen and oxygen atoms in total. The molecule has 0 aliphatic heterocycles. The van der Waals surface area contributed by atoms with Crippen molar-refractivity contribution in [2.24, 2.45) is 0 Å². The highest BCUT2D eigenvalue weighted by Gasteiger charge is 2.15. The molecule has 0 spiro atoms. The van der Waals surface area contributed by atoms with Gasteiger partial charge in [0.05, 0.1) is 0 Å². The summed E-state index contributed by atoms with van der Waals surface area (Å²) in [4.78, 5) is 20.6. The minimum Gasteiger partial charge on any atom is -0.465 e. The third-order valence-corrected chi connectivity index (χ3v) is 1.47. The Morgan fingerprint density at radius 1 is 1.64 bits per heavy atom. The van der Waals surface area contributed by atoms with Crippen LogP contribution in [0.25, 0.3) is 0 Å². The van der Waals surface area contributed by atoms with Crippen molar-refractivity contribution in [2.75, 3.05) is 0 Å². The summed E-state index contributed by atoms with van der Waals surface area (Å²) in [7, 11) is 0. The van der Waals surface area contributed by atoms with E-state index >= 15 is 0 Å². The lowest BCUT2D eigenvalue weighted by Gasteiger charge is -2.04. The Hall–Kier alpha value is -0.770. The molecule has 0 rings (SSSR count). The highest BCUT2D eigenvalue weighted by molar-refractivity contribution is 6.31. The topological polar surface area (TPSA) is 66.4 Å². The maximum absolute atomic E-state index is 10.7. The second-order valence-corrected chi connectivity index (χ2v) is 2.58. The SMILES string of the molecule is CCCC(Cl)C(=O)NC(=O)O. The summed E-state index contributed by atoms with van der Waals surface area (Å²) in [5.41, 5.74) is 0. The first-order valence-corrected chi connectivity index (χ1v) is 3.69. The van der Waals surface area contributed by atoms with Crippen LogP contribution >= 0.6 is 11.6 Å². The summed E-state index contributed by atoms with van der Waals surface area (Å²) < 4.78 is 0. The van der Waals surface area contributed by atoms with Crippen LogP contribution in [0.1, 0.15) is 19.8 Å². The molecule has 0 aliphatic carbocycles. The fourth-order valence-corrected chi connectivity index (χ4v) is 0.841. The zero-order valence-electron chi connectivity index (χ0n) is 6.13. The van der Waals surface area contributed by atoms with Crippen molar-refractivity contribution in [2.45, 2.75) is 25.1 Å². The van der Waals surface area contributed by atoms with Gasteiger partial charge in [0.2, 0.25) is 5.91 Å². The summed E-state index contributed by atoms with van der Waals surface area (Å²) in [6.45, 7) is 1.86. The van der Waals surface area contributed by atoms with Gasteiger partial charge in [-0.15, -0.1) is 11.6 Å². The number of hydrogen-bond donors (Lipinski definition) is 2. The number of imide groups is 1. The van der Waals surface area contributed by atoms with Gasteiger partial charge in [0.1, 0.15) is 5.38 Å². The van der Waals surface area contributed by atoms with E-state index < -0.39 is 17.4 Å². The maximum Gasteiger partial charge on any atom is 0.411 e. The average molecular weight is 180 g/mol. The number of alkyl halides is 1. The largest absolute Gasteiger partial charge is 0.465 e. The molecule has 0 saturated carbocycles. The van der Waals surface area contributed by atoms with Gasteiger partial charge in [0.25, 0.3) is 0 Å². The zero-order chi connectivity index (χ0) is 8.85. The molecule has 0 aliphatic rings. The summed E-state index contributed by atoms with van der Waals surface area (Å²) >= 11 is 5.50. The molecule has 0 aromatic heterocycles. The number of carbonyl (C=O) groups excluding carboxylic acids is 1. The predicted octanol–water partition coefficient (Wildman–Crippen LogP) is 1.19. The number of nitrogens with one attached hydrogen (secondary N) is 1. The third-order valence-electron chi connectivity index (χ3n) is 1.06. The minimum atomic E-state index is -1.36. The van der Waals surface area contributed by atoms with Gasteiger partial charge in [-0.25, -0.2) is 4.79 Å². The van der Waals surface area contributed by atoms with Gasteiger partial charge in [0, 0.05) is 0 Å². The molecule has 1 atom stereocenters. The standard InChI is InChI=1S/C6H10ClNO3/c1-2-3-4(7)5(9)8-6(10)11/h4H,2-3H2,1H3,(H,8,9)(H,10,11). The fraction of sp³-hybridized carbons (Fsp3) is 0.667. The first-order chi connectivity index (χ1) is 5.07. The highest BCUT2D eigenvalue weighted by Crippen LogP contribution is 2.04. The van der Waals surface area contributed by atoms with Gasteiger partial charge in [-0.1, -0.05) is 13.3 Å². The van der Waals surface area contributed by atoms with E-state index in [4.69, 9.17) is 16.7 Å². The molecule has 0 fully saturated rings. The van der Waals surface area contributed by atoms with Gasteiger partial charge < -0.3 is 5.11 Å². The van der Waals surface area contributed by atoms with E-state index in [1.54, 1.807) is 5.32 Å². The van der Waals surface area contributed by atoms with Crippen LogP contribution in [0.15, 0.2) is 0 Å². The predicted molar refractivity (Wildman–Crippen MR) is 40.7 cm³/mol. The molecule has 0 heterocycles. The molecule has 5 heteroatoms. The molecular formula is C6H10ClNO3. The molecule has 2 N–H and O–H groups in total. The quantitative estimate of drug-likeness (QED) is 0.640. The van der Waals surface area contributed by atoms with E-state index in [1.165, 1.54) is 0 Å². The van der Waals surface area contributed by atoms with Crippen LogP contribution in [-0.2, 0) is 4.79 Å². The van der Waals surface area contributed by atoms with E-state index in [1.807, 2.05) is 6.92 Å². The molecule has 64 valence electrons. The molecule has 0 saturated heterocycles. The van der Waals surface area contributed by atoms with Gasteiger partial charge in [-0.05, 0) is 6.42 Å². The van der Waals surface area contributed by atoms with E-state index in [9.17, 15) is 9.59 Å². The van der Waals surface area contributed by atoms with Crippen LogP contribution < -0.4 is 5.32 Å². The number of hydrogen-bond acceptors (Lipinski definition) is 2. The van der Waals surface area contributed by atoms with Crippen LogP contribution in [0.3, 0.4) is 0 Å². The number of carboxylic acid groups (broad SMARTS) is 1. The Morgan fingerprint density at radius 2 is 2.18 bits per heavy atom. The summed E-state index contributed by atoms with van der Waals surface area (Å²) in [6.07, 6.45) is -0.126. The lowest BCUT2D eigenvalue weighted by molar-refractivity contribution is -0.120. The Bertz CT molecular complexity index is 160. The van der Waals surface area contributed by atoms with Gasteiger partial charge >= 0.3 is 6.09 Å². The molecule has 2 amide bonds. The van der Waals surface area contributed by atoms with E-state index in [-0.39, 0.29) is 0 Å². The van der Waals surface area contributed by atoms with Crippen molar-refractivity contribution in [3.8, 4) is 0 Å². The third kappa shape index (κ3) is 4.61. The molecule has 0 aromatic carbocycles. The van der Waals surface area contributed by atoms with E-state index in [0.717, 1.165) is 6.42 Å². The van der Waals surface area contributed by atoms with Gasteiger partial charge in [-0.3, -0.25) is 10.1 Å². The highest BCUT2D eigenvalue weighted by atomic mass is 35.5. The monoisotopic (exact) mass is 179 g/mol. The van der Waals surface area contributed by atoms with Crippen LogP contribution in [-0.4, -0.2) is 22.5 Å². The lowest BCUT2D eigenvalue weighted by atomic mass is 10.2. The second-order valence-electron chi connectivity index (χ2n) is 2.05. The second kappa shape index (κ2) is 4.96. The molecule has 0 aromatic rings. The Balaban J connectivity index is 3.73. The van der Waals surface area contributed by atoms with Crippen molar-refractivity contribution < 1.29 is 14.7 Å². The van der Waals surface area contributed by atoms with E-state index in [0.29, 0.717) is 6.42 Å². The van der Waals surface area contributed by atoms with Crippen LogP contribution in [0.4, 0.5) is 4.79 Å². The molecule has 1 unspecified atom stereocenters. The van der Waals surface area contributed by atoms with Gasteiger partial charge in [-0.2, -0.15) is 0 Å². The van der Waals surface area contributed by atoms with Crippen molar-refractivity contribution >= 4 is 23.6 Å². The molecule has 0 radical (unpaired) electrons. The zero-order valence-corrected chi connectivity index (χ0v) is 6.89. The van der Waals surface area contributed by atoms with Crippen molar-refractivity contribution in [1.82, 2.24) is 5.32 Å². The van der Waals surface area contributed by atoms with Crippen LogP contribution in [0.2, 0.25) is 0 Å². The van der Waals surface area contributed by atoms with Crippen molar-refractivity contribution in [3.63, 3.8) is 0 Å². The normalized spacial score (nSPS) is 12.2. The number of carbonyl (C=O) groups is 2. The first-order valence-electron chi connectivity index (χ1n) is 3.25. The Kier molecular flexibility index (Phi) is 4.61. The summed E-state index contributed by atoms with van der Waals surface area (Å²) in [6, 6.07) is 0. The smallest absolute Gasteiger partial charge is 0.411 e. The van der Waals surface area contributed by atoms with Crippen molar-refractivity contribution in [1.29, 1.82) is 0 Å². The Morgan fingerprint density at radius 3 is 2.55 bits per heavy atom. The van der Waals surface area contributed by atoms with Crippen molar-refractivity contribution in [3.05, 3.63) is 0 Å². The maximum atomic E-state index is 10.7. The Labute approximate surface area is 69.5 Å². The van der Waals surface area contributed by atoms with Gasteiger partial charge in [0.15, 0.2) is 0 Å². The van der Waals surface area contributed by atoms with E-state index in [2.05, 4.69) is 0 Å². The molecule has 0 bridgehead atoms. The minimum absolute atomic E-state index is 0.487. The number of amides is 2. The van der Waals surface area contributed by atoms with Crippen LogP contribution in [0.5, 0.6) is 0 Å². The molecular weight excluding hydrogens is 170 g/mol. The first kappa shape index (κ1) is 10.2. The number of rotatable bonds is 3. The summed E-state index contributed by atoms with van der Waals surface area (Å²) in [5.74, 6) is -0.652. The summed E-state index contributed by atoms with van der Waals surface area (Å²) in [5, 5.41) is 9.04.